The van der Waals surface area contributed by atoms with Gasteiger partial charge in [-0.15, -0.1) is 11.3 Å². The SMILES string of the molecule is O=C(O)C(F)(F)F.O=S1(=O)c2ccc(-c3cccs3)cc2C2CN(Cc3ccccn3)CC21. The zero-order valence-electron chi connectivity index (χ0n) is 17.1. The van der Waals surface area contributed by atoms with Gasteiger partial charge in [0, 0.05) is 36.6 Å². The molecule has 2 atom stereocenters. The molecule has 5 rings (SSSR count). The van der Waals surface area contributed by atoms with Gasteiger partial charge in [-0.25, -0.2) is 13.2 Å². The summed E-state index contributed by atoms with van der Waals surface area (Å²) in [5.41, 5.74) is 3.08. The molecule has 0 aliphatic carbocycles. The minimum atomic E-state index is -5.08. The maximum absolute atomic E-state index is 13.0. The maximum atomic E-state index is 13.0. The molecule has 0 radical (unpaired) electrons. The largest absolute Gasteiger partial charge is 0.490 e. The fourth-order valence-corrected chi connectivity index (χ4v) is 7.09. The van der Waals surface area contributed by atoms with Crippen LogP contribution in [0.15, 0.2) is 65.0 Å². The van der Waals surface area contributed by atoms with E-state index in [0.29, 0.717) is 18.0 Å². The van der Waals surface area contributed by atoms with E-state index in [1.165, 1.54) is 4.88 Å². The predicted molar refractivity (Wildman–Crippen MR) is 117 cm³/mol. The molecule has 1 N–H and O–H groups in total. The topological polar surface area (TPSA) is 87.6 Å². The van der Waals surface area contributed by atoms with E-state index in [1.54, 1.807) is 23.6 Å². The number of hydrogen-bond donors (Lipinski definition) is 1. The molecule has 2 unspecified atom stereocenters. The third-order valence-electron chi connectivity index (χ3n) is 5.62. The van der Waals surface area contributed by atoms with Crippen molar-refractivity contribution in [3.05, 3.63) is 71.4 Å². The Morgan fingerprint density at radius 2 is 1.91 bits per heavy atom. The molecule has 33 heavy (non-hydrogen) atoms. The monoisotopic (exact) mass is 496 g/mol. The molecule has 0 amide bonds. The van der Waals surface area contributed by atoms with Crippen LogP contribution in [0.2, 0.25) is 0 Å². The van der Waals surface area contributed by atoms with Crippen molar-refractivity contribution in [3.63, 3.8) is 0 Å². The lowest BCUT2D eigenvalue weighted by Gasteiger charge is -2.17. The summed E-state index contributed by atoms with van der Waals surface area (Å²) in [7, 11) is -3.25. The van der Waals surface area contributed by atoms with Gasteiger partial charge >= 0.3 is 12.1 Å². The van der Waals surface area contributed by atoms with Crippen LogP contribution in [0.4, 0.5) is 13.2 Å². The molecule has 1 fully saturated rings. The lowest BCUT2D eigenvalue weighted by atomic mass is 9.96. The van der Waals surface area contributed by atoms with Gasteiger partial charge in [-0.05, 0) is 46.8 Å². The number of pyridine rings is 1. The van der Waals surface area contributed by atoms with Gasteiger partial charge in [-0.2, -0.15) is 13.2 Å². The van der Waals surface area contributed by atoms with Crippen LogP contribution in [0.5, 0.6) is 0 Å². The summed E-state index contributed by atoms with van der Waals surface area (Å²) in [6.07, 6.45) is -3.30. The van der Waals surface area contributed by atoms with E-state index in [-0.39, 0.29) is 11.2 Å². The van der Waals surface area contributed by atoms with Crippen molar-refractivity contribution in [1.82, 2.24) is 9.88 Å². The second-order valence-electron chi connectivity index (χ2n) is 7.74. The van der Waals surface area contributed by atoms with Gasteiger partial charge < -0.3 is 5.11 Å². The average molecular weight is 497 g/mol. The highest BCUT2D eigenvalue weighted by Crippen LogP contribution is 2.46. The molecule has 174 valence electrons. The lowest BCUT2D eigenvalue weighted by molar-refractivity contribution is -0.192. The molecular formula is C22H19F3N2O4S2. The molecule has 0 saturated carbocycles. The van der Waals surface area contributed by atoms with Crippen molar-refractivity contribution in [2.75, 3.05) is 13.1 Å². The number of nitrogens with zero attached hydrogens (tertiary/aromatic N) is 2. The van der Waals surface area contributed by atoms with Crippen molar-refractivity contribution in [1.29, 1.82) is 0 Å². The number of aliphatic carboxylic acids is 1. The number of sulfone groups is 1. The molecule has 1 aromatic carbocycles. The van der Waals surface area contributed by atoms with E-state index >= 15 is 0 Å². The summed E-state index contributed by atoms with van der Waals surface area (Å²) in [6.45, 7) is 2.04. The molecule has 0 spiro atoms. The predicted octanol–water partition coefficient (Wildman–Crippen LogP) is 4.20. The number of benzene rings is 1. The number of fused-ring (bicyclic) bond motifs is 3. The van der Waals surface area contributed by atoms with Crippen LogP contribution >= 0.6 is 11.3 Å². The van der Waals surface area contributed by atoms with Crippen molar-refractivity contribution < 1.29 is 31.5 Å². The van der Waals surface area contributed by atoms with Crippen molar-refractivity contribution in [2.45, 2.75) is 28.8 Å². The Kier molecular flexibility index (Phi) is 6.30. The average Bonchev–Trinajstić information content (AvgIpc) is 3.47. The van der Waals surface area contributed by atoms with Gasteiger partial charge in [0.25, 0.3) is 0 Å². The molecule has 0 bridgehead atoms. The number of rotatable bonds is 3. The first-order chi connectivity index (χ1) is 15.6. The first kappa shape index (κ1) is 23.4. The second kappa shape index (κ2) is 8.88. The Balaban J connectivity index is 0.000000325. The molecule has 2 aliphatic heterocycles. The fourth-order valence-electron chi connectivity index (χ4n) is 4.17. The first-order valence-corrected chi connectivity index (χ1v) is 12.3. The molecule has 1 saturated heterocycles. The number of halogens is 3. The molecule has 2 aliphatic rings. The fraction of sp³-hybridized carbons (Fsp3) is 0.273. The van der Waals surface area contributed by atoms with E-state index in [9.17, 15) is 21.6 Å². The minimum absolute atomic E-state index is 0.0543. The van der Waals surface area contributed by atoms with Gasteiger partial charge in [0.15, 0.2) is 9.84 Å². The Bertz CT molecular complexity index is 1250. The summed E-state index contributed by atoms with van der Waals surface area (Å²) in [5.74, 6) is -2.70. The van der Waals surface area contributed by atoms with Gasteiger partial charge in [-0.1, -0.05) is 18.2 Å². The van der Waals surface area contributed by atoms with E-state index in [0.717, 1.165) is 23.4 Å². The maximum Gasteiger partial charge on any atom is 0.490 e. The second-order valence-corrected chi connectivity index (χ2v) is 10.8. The smallest absolute Gasteiger partial charge is 0.475 e. The number of carboxylic acid groups (broad SMARTS) is 1. The first-order valence-electron chi connectivity index (χ1n) is 9.91. The Labute approximate surface area is 192 Å². The van der Waals surface area contributed by atoms with Gasteiger partial charge in [0.1, 0.15) is 0 Å². The summed E-state index contributed by atoms with van der Waals surface area (Å²) in [4.78, 5) is 17.2. The van der Waals surface area contributed by atoms with Crippen LogP contribution in [0, 0.1) is 0 Å². The van der Waals surface area contributed by atoms with Crippen molar-refractivity contribution in [3.8, 4) is 10.4 Å². The highest BCUT2D eigenvalue weighted by atomic mass is 32.2. The Morgan fingerprint density at radius 3 is 2.52 bits per heavy atom. The molecular weight excluding hydrogens is 477 g/mol. The molecule has 3 aromatic rings. The highest BCUT2D eigenvalue weighted by Gasteiger charge is 2.50. The van der Waals surface area contributed by atoms with E-state index < -0.39 is 22.0 Å². The number of alkyl halides is 3. The number of hydrogen-bond acceptors (Lipinski definition) is 6. The number of thiophene rings is 1. The Morgan fingerprint density at radius 1 is 1.15 bits per heavy atom. The van der Waals surface area contributed by atoms with Crippen LogP contribution in [0.25, 0.3) is 10.4 Å². The van der Waals surface area contributed by atoms with Crippen molar-refractivity contribution in [2.24, 2.45) is 0 Å². The van der Waals surface area contributed by atoms with E-state index in [1.807, 2.05) is 35.7 Å². The number of carbonyl (C=O) groups is 1. The van der Waals surface area contributed by atoms with Crippen molar-refractivity contribution >= 4 is 27.1 Å². The quantitative estimate of drug-likeness (QED) is 0.585. The van der Waals surface area contributed by atoms with Crippen LogP contribution < -0.4 is 0 Å². The summed E-state index contributed by atoms with van der Waals surface area (Å²) >= 11 is 1.68. The molecule has 4 heterocycles. The standard InChI is InChI=1S/C20H18N2O2S2.C2HF3O2/c23-26(24)19-7-6-14(18-5-3-9-25-18)10-16(19)17-12-22(13-20(17)26)11-15-4-1-2-8-21-15;3-2(4,5)1(6)7/h1-10,17,20H,11-13H2;(H,6,7). The lowest BCUT2D eigenvalue weighted by Crippen LogP contribution is -2.26. The van der Waals surface area contributed by atoms with Crippen LogP contribution in [-0.2, 0) is 21.2 Å². The zero-order valence-corrected chi connectivity index (χ0v) is 18.7. The zero-order chi connectivity index (χ0) is 23.8. The molecule has 2 aromatic heterocycles. The minimum Gasteiger partial charge on any atom is -0.475 e. The number of likely N-dealkylation sites (tertiary alicyclic amines) is 1. The van der Waals surface area contributed by atoms with Crippen LogP contribution in [0.1, 0.15) is 17.2 Å². The van der Waals surface area contributed by atoms with Gasteiger partial charge in [0.05, 0.1) is 15.8 Å². The van der Waals surface area contributed by atoms with Crippen LogP contribution in [0.3, 0.4) is 0 Å². The van der Waals surface area contributed by atoms with Crippen LogP contribution in [-0.4, -0.2) is 53.9 Å². The van der Waals surface area contributed by atoms with Gasteiger partial charge in [-0.3, -0.25) is 9.88 Å². The van der Waals surface area contributed by atoms with Gasteiger partial charge in [0.2, 0.25) is 0 Å². The summed E-state index contributed by atoms with van der Waals surface area (Å²) < 4.78 is 57.8. The molecule has 11 heteroatoms. The normalized spacial score (nSPS) is 21.1. The van der Waals surface area contributed by atoms with E-state index in [4.69, 9.17) is 9.90 Å². The third-order valence-corrected chi connectivity index (χ3v) is 8.79. The number of carboxylic acids is 1. The highest BCUT2D eigenvalue weighted by molar-refractivity contribution is 7.92. The third kappa shape index (κ3) is 4.80. The summed E-state index contributed by atoms with van der Waals surface area (Å²) in [5, 5.41) is 8.84. The number of aromatic nitrogens is 1. The molecule has 6 nitrogen and oxygen atoms in total. The summed E-state index contributed by atoms with van der Waals surface area (Å²) in [6, 6.07) is 15.8. The van der Waals surface area contributed by atoms with E-state index in [2.05, 4.69) is 22.0 Å². The Hall–Kier alpha value is -2.76.